The smallest absolute Gasteiger partial charge is 0.578 e. The van der Waals surface area contributed by atoms with Gasteiger partial charge in [0.15, 0.2) is 0 Å². The van der Waals surface area contributed by atoms with Gasteiger partial charge >= 0.3 is 17.1 Å². The molecule has 14 nitrogen and oxygen atoms in total. The van der Waals surface area contributed by atoms with E-state index < -0.39 is 0 Å². The Labute approximate surface area is 265 Å². The van der Waals surface area contributed by atoms with E-state index in [4.69, 9.17) is 9.90 Å². The van der Waals surface area contributed by atoms with E-state index >= 15 is 0 Å². The molecule has 0 fully saturated rings. The molecule has 5 rings (SSSR count). The molecule has 0 aliphatic carbocycles. The van der Waals surface area contributed by atoms with Crippen molar-refractivity contribution in [3.05, 3.63) is 90.3 Å². The molecule has 0 aromatic carbocycles. The first-order valence-electron chi connectivity index (χ1n) is 12.7. The van der Waals surface area contributed by atoms with Crippen LogP contribution in [0.25, 0.3) is 0 Å². The Morgan fingerprint density at radius 2 is 1.02 bits per heavy atom. The van der Waals surface area contributed by atoms with Crippen molar-refractivity contribution in [2.24, 2.45) is 28.2 Å². The van der Waals surface area contributed by atoms with Crippen LogP contribution in [0, 0.1) is 0 Å². The van der Waals surface area contributed by atoms with E-state index in [1.54, 1.807) is 0 Å². The van der Waals surface area contributed by atoms with Crippen LogP contribution in [0.1, 0.15) is 34.7 Å². The molecular weight excluding hydrogens is 622 g/mol. The quantitative estimate of drug-likeness (QED) is 0.153. The normalized spacial score (nSPS) is 10.7. The molecule has 2 radical (unpaired) electrons. The van der Waals surface area contributed by atoms with Crippen molar-refractivity contribution in [3.8, 4) is 0 Å². The SMILES string of the molecule is Cn1ccnc1CN(Cc1cc(CN(Cc2nccn2C)Cc2nccn2C)[n-]n1)Cc1nccn1C.O=CO.[Mn+2].[Mn]. The molecule has 0 aliphatic rings. The van der Waals surface area contributed by atoms with Crippen LogP contribution < -0.4 is 5.10 Å². The van der Waals surface area contributed by atoms with Gasteiger partial charge in [0, 0.05) is 114 Å². The minimum absolute atomic E-state index is 0. The van der Waals surface area contributed by atoms with Crippen molar-refractivity contribution < 1.29 is 44.0 Å². The predicted octanol–water partition coefficient (Wildman–Crippen LogP) is 1.07. The molecule has 0 atom stereocenters. The van der Waals surface area contributed by atoms with Crippen LogP contribution >= 0.6 is 0 Å². The Morgan fingerprint density at radius 1 is 0.690 bits per heavy atom. The van der Waals surface area contributed by atoms with Crippen molar-refractivity contribution in [3.63, 3.8) is 0 Å². The van der Waals surface area contributed by atoms with Crippen LogP contribution in [0.5, 0.6) is 0 Å². The minimum Gasteiger partial charge on any atom is -0.578 e. The number of hydrogen-bond donors (Lipinski definition) is 1. The number of carboxylic acid groups (broad SMARTS) is 1. The zero-order chi connectivity index (χ0) is 28.5. The third-order valence-electron chi connectivity index (χ3n) is 6.56. The second kappa shape index (κ2) is 16.8. The maximum absolute atomic E-state index is 8.36. The van der Waals surface area contributed by atoms with Crippen LogP contribution in [-0.4, -0.2) is 64.7 Å². The summed E-state index contributed by atoms with van der Waals surface area (Å²) in [6.07, 6.45) is 15.2. The Kier molecular flexibility index (Phi) is 13.9. The van der Waals surface area contributed by atoms with E-state index in [-0.39, 0.29) is 40.6 Å². The molecule has 5 aromatic heterocycles. The fourth-order valence-electron chi connectivity index (χ4n) is 4.32. The summed E-state index contributed by atoms with van der Waals surface area (Å²) in [5.41, 5.74) is 1.85. The number of carbonyl (C=O) groups is 1. The van der Waals surface area contributed by atoms with Crippen LogP contribution in [-0.2, 0) is 106 Å². The van der Waals surface area contributed by atoms with E-state index in [0.29, 0.717) is 39.3 Å². The van der Waals surface area contributed by atoms with E-state index in [0.717, 1.165) is 34.7 Å². The van der Waals surface area contributed by atoms with E-state index in [1.807, 2.05) is 96.0 Å². The van der Waals surface area contributed by atoms with Crippen molar-refractivity contribution in [1.82, 2.24) is 58.2 Å². The molecule has 42 heavy (non-hydrogen) atoms. The molecule has 0 amide bonds. The Balaban J connectivity index is 0.00000118. The van der Waals surface area contributed by atoms with Crippen molar-refractivity contribution in [1.29, 1.82) is 0 Å². The monoisotopic (exact) mass is 657 g/mol. The van der Waals surface area contributed by atoms with Crippen LogP contribution in [0.2, 0.25) is 0 Å². The maximum atomic E-state index is 8.36. The maximum Gasteiger partial charge on any atom is 2.00 e. The number of rotatable bonds is 12. The molecule has 0 saturated carbocycles. The first-order chi connectivity index (χ1) is 19.4. The van der Waals surface area contributed by atoms with Gasteiger partial charge in [0.05, 0.1) is 26.2 Å². The largest absolute Gasteiger partial charge is 2.00 e. The zero-order valence-electron chi connectivity index (χ0n) is 24.0. The molecule has 0 unspecified atom stereocenters. The molecular formula is C26H35Mn2N12O2+. The van der Waals surface area contributed by atoms with E-state index in [2.05, 4.69) is 46.0 Å². The molecule has 5 heterocycles. The summed E-state index contributed by atoms with van der Waals surface area (Å²) in [5, 5.41) is 15.9. The van der Waals surface area contributed by atoms with Gasteiger partial charge in [0.2, 0.25) is 0 Å². The Morgan fingerprint density at radius 3 is 1.33 bits per heavy atom. The van der Waals surface area contributed by atoms with Gasteiger partial charge in [-0.2, -0.15) is 0 Å². The number of imidazole rings is 4. The van der Waals surface area contributed by atoms with Gasteiger partial charge in [-0.05, 0) is 0 Å². The summed E-state index contributed by atoms with van der Waals surface area (Å²) in [6, 6.07) is 2.09. The number of aryl methyl sites for hydroxylation is 4. The number of nitrogens with zero attached hydrogens (tertiary/aromatic N) is 12. The summed E-state index contributed by atoms with van der Waals surface area (Å²) in [7, 11) is 8.05. The summed E-state index contributed by atoms with van der Waals surface area (Å²) in [4.78, 5) is 31.0. The summed E-state index contributed by atoms with van der Waals surface area (Å²) in [5.74, 6) is 3.96. The first-order valence-corrected chi connectivity index (χ1v) is 12.7. The van der Waals surface area contributed by atoms with Gasteiger partial charge in [0.25, 0.3) is 6.47 Å². The Bertz CT molecular complexity index is 1300. The minimum atomic E-state index is -0.250. The molecule has 0 bridgehead atoms. The third-order valence-corrected chi connectivity index (χ3v) is 6.56. The molecule has 1 N–H and O–H groups in total. The van der Waals surface area contributed by atoms with Crippen LogP contribution in [0.15, 0.2) is 55.6 Å². The molecule has 224 valence electrons. The van der Waals surface area contributed by atoms with Gasteiger partial charge in [0.1, 0.15) is 23.3 Å². The first kappa shape index (κ1) is 34.7. The predicted molar refractivity (Wildman–Crippen MR) is 145 cm³/mol. The zero-order valence-corrected chi connectivity index (χ0v) is 26.4. The third kappa shape index (κ3) is 9.51. The summed E-state index contributed by atoms with van der Waals surface area (Å²) >= 11 is 0. The fraction of sp³-hybridized carbons (Fsp3) is 0.385. The topological polar surface area (TPSA) is 142 Å². The average Bonchev–Trinajstić information content (AvgIpc) is 3.75. The second-order valence-corrected chi connectivity index (χ2v) is 9.54. The Hall–Kier alpha value is -3.52. The average molecular weight is 658 g/mol. The van der Waals surface area contributed by atoms with Crippen molar-refractivity contribution in [2.75, 3.05) is 0 Å². The van der Waals surface area contributed by atoms with Crippen molar-refractivity contribution >= 4 is 6.47 Å². The van der Waals surface area contributed by atoms with Crippen LogP contribution in [0.3, 0.4) is 0 Å². The van der Waals surface area contributed by atoms with Crippen molar-refractivity contribution in [2.45, 2.75) is 39.3 Å². The standard InChI is InChI=1S/C25H33N12.CH2O2.2Mn/c1-32-9-5-26-22(32)16-36(17-23-27-6-10-33(23)2)14-20-13-21(31-30-20)15-37(18-24-28-7-11-34(24)3)19-25-29-8-12-35(25)4;2-1-3;;/h5-13H,14-19H2,1-4H3;1H,(H,2,3);;/q-1;;;+2. The second-order valence-electron chi connectivity index (χ2n) is 9.54. The molecule has 5 aromatic rings. The molecule has 0 spiro atoms. The van der Waals surface area contributed by atoms with Gasteiger partial charge in [-0.15, -0.1) is 5.69 Å². The van der Waals surface area contributed by atoms with Gasteiger partial charge in [-0.1, -0.05) is 6.07 Å². The summed E-state index contributed by atoms with van der Waals surface area (Å²) in [6.45, 7) is 3.77. The van der Waals surface area contributed by atoms with Gasteiger partial charge < -0.3 is 33.6 Å². The molecule has 0 aliphatic heterocycles. The fourth-order valence-corrected chi connectivity index (χ4v) is 4.32. The summed E-state index contributed by atoms with van der Waals surface area (Å²) < 4.78 is 8.17. The number of hydrogen-bond acceptors (Lipinski definition) is 8. The van der Waals surface area contributed by atoms with Crippen LogP contribution in [0.4, 0.5) is 0 Å². The van der Waals surface area contributed by atoms with Gasteiger partial charge in [-0.3, -0.25) is 14.6 Å². The van der Waals surface area contributed by atoms with Gasteiger partial charge in [-0.25, -0.2) is 19.9 Å². The van der Waals surface area contributed by atoms with E-state index in [9.17, 15) is 0 Å². The molecule has 16 heteroatoms. The number of aromatic nitrogens is 10. The molecule has 0 saturated heterocycles. The van der Waals surface area contributed by atoms with E-state index in [1.165, 1.54) is 0 Å².